The number of phenols is 1. The lowest BCUT2D eigenvalue weighted by Crippen LogP contribution is -2.35. The molecule has 37 heavy (non-hydrogen) atoms. The summed E-state index contributed by atoms with van der Waals surface area (Å²) < 4.78 is 30.9. The molecule has 0 aliphatic carbocycles. The summed E-state index contributed by atoms with van der Waals surface area (Å²) in [5.41, 5.74) is 1.71. The average molecular weight is 528 g/mol. The number of benzene rings is 2. The van der Waals surface area contributed by atoms with Gasteiger partial charge >= 0.3 is 5.97 Å². The number of aromatic nitrogens is 3. The van der Waals surface area contributed by atoms with Crippen molar-refractivity contribution in [2.24, 2.45) is 0 Å². The van der Waals surface area contributed by atoms with Crippen LogP contribution in [0.3, 0.4) is 0 Å². The molecule has 9 heteroatoms. The Balaban J connectivity index is 2.17. The number of nitrogens with zero attached hydrogens (tertiary/aromatic N) is 3. The number of hydrogen-bond donors (Lipinski definition) is 1. The Labute approximate surface area is 219 Å². The summed E-state index contributed by atoms with van der Waals surface area (Å²) in [5, 5.41) is 20.4. The Morgan fingerprint density at radius 3 is 2.38 bits per heavy atom. The number of fused-ring (bicyclic) bond motifs is 1. The fourth-order valence-corrected chi connectivity index (χ4v) is 5.44. The number of sulfone groups is 1. The summed E-state index contributed by atoms with van der Waals surface area (Å²) in [6.45, 7) is 17.1. The Bertz CT molecular complexity index is 1430. The van der Waals surface area contributed by atoms with Gasteiger partial charge in [0.2, 0.25) is 0 Å². The summed E-state index contributed by atoms with van der Waals surface area (Å²) in [5.74, 6) is -0.413. The van der Waals surface area contributed by atoms with Gasteiger partial charge in [0, 0.05) is 17.1 Å². The number of phenolic OH excluding ortho intramolecular Hbond substituents is 1. The predicted molar refractivity (Wildman–Crippen MR) is 145 cm³/mol. The van der Waals surface area contributed by atoms with Crippen molar-refractivity contribution in [2.75, 3.05) is 5.75 Å². The number of unbranched alkanes of at least 4 members (excludes halogenated alkanes) is 1. The van der Waals surface area contributed by atoms with E-state index in [2.05, 4.69) is 16.8 Å². The molecule has 0 saturated carbocycles. The maximum atomic E-state index is 12.7. The molecule has 3 rings (SSSR count). The third-order valence-electron chi connectivity index (χ3n) is 6.81. The van der Waals surface area contributed by atoms with E-state index in [1.165, 1.54) is 10.9 Å². The second-order valence-corrected chi connectivity index (χ2v) is 13.1. The average Bonchev–Trinajstić information content (AvgIpc) is 3.25. The van der Waals surface area contributed by atoms with Crippen LogP contribution >= 0.6 is 0 Å². The molecule has 0 aliphatic heterocycles. The standard InChI is InChI=1S/C28H37N3O5S/c1-9-11-14-37(34,35)20-12-13-22-23(17-20)30-31(29-22)24-16-19(15-21(26(24)33)27(4,5)6)28(7,8)18(3)36-25(32)10-2/h10,12-13,15-18,33H,2,9,11,14H2,1,3-8H3. The normalized spacial score (nSPS) is 13.5. The first-order valence-electron chi connectivity index (χ1n) is 12.4. The molecule has 200 valence electrons. The molecule has 0 saturated heterocycles. The Morgan fingerprint density at radius 1 is 1.14 bits per heavy atom. The molecule has 0 bridgehead atoms. The molecule has 0 amide bonds. The molecular formula is C28H37N3O5S. The lowest BCUT2D eigenvalue weighted by Gasteiger charge is -2.33. The van der Waals surface area contributed by atoms with E-state index >= 15 is 0 Å². The Morgan fingerprint density at radius 2 is 1.78 bits per heavy atom. The van der Waals surface area contributed by atoms with Gasteiger partial charge in [0.25, 0.3) is 0 Å². The van der Waals surface area contributed by atoms with E-state index in [0.29, 0.717) is 28.7 Å². The molecule has 2 aromatic carbocycles. The third-order valence-corrected chi connectivity index (χ3v) is 8.61. The second kappa shape index (κ2) is 10.3. The van der Waals surface area contributed by atoms with E-state index in [1.807, 2.05) is 54.5 Å². The molecule has 1 unspecified atom stereocenters. The lowest BCUT2D eigenvalue weighted by atomic mass is 9.76. The summed E-state index contributed by atoms with van der Waals surface area (Å²) in [6.07, 6.45) is 2.00. The summed E-state index contributed by atoms with van der Waals surface area (Å²) in [4.78, 5) is 13.4. The number of esters is 1. The minimum Gasteiger partial charge on any atom is -0.505 e. The van der Waals surface area contributed by atoms with E-state index in [0.717, 1.165) is 18.1 Å². The first kappa shape index (κ1) is 28.4. The quantitative estimate of drug-likeness (QED) is 0.293. The van der Waals surface area contributed by atoms with Crippen LogP contribution in [-0.4, -0.2) is 46.3 Å². The smallest absolute Gasteiger partial charge is 0.330 e. The summed E-state index contributed by atoms with van der Waals surface area (Å²) in [6, 6.07) is 8.39. The van der Waals surface area contributed by atoms with Crippen molar-refractivity contribution >= 4 is 26.8 Å². The molecule has 0 radical (unpaired) electrons. The van der Waals surface area contributed by atoms with Crippen LogP contribution in [-0.2, 0) is 30.2 Å². The van der Waals surface area contributed by atoms with E-state index < -0.39 is 32.7 Å². The van der Waals surface area contributed by atoms with Crippen LogP contribution in [0.15, 0.2) is 47.9 Å². The zero-order valence-electron chi connectivity index (χ0n) is 22.7. The van der Waals surface area contributed by atoms with Crippen LogP contribution in [0.4, 0.5) is 0 Å². The van der Waals surface area contributed by atoms with Gasteiger partial charge in [-0.1, -0.05) is 60.6 Å². The molecule has 1 N–H and O–H groups in total. The van der Waals surface area contributed by atoms with Gasteiger partial charge in [-0.3, -0.25) is 0 Å². The van der Waals surface area contributed by atoms with Gasteiger partial charge in [0.1, 0.15) is 28.6 Å². The van der Waals surface area contributed by atoms with Crippen molar-refractivity contribution in [2.45, 2.75) is 83.1 Å². The molecule has 0 fully saturated rings. The molecule has 0 spiro atoms. The molecule has 1 atom stereocenters. The SMILES string of the molecule is C=CC(=O)OC(C)C(C)(C)c1cc(-n2nc3ccc(S(=O)(=O)CCCC)cc3n2)c(O)c(C(C)(C)C)c1. The first-order chi connectivity index (χ1) is 17.1. The highest BCUT2D eigenvalue weighted by atomic mass is 32.2. The van der Waals surface area contributed by atoms with Gasteiger partial charge in [0.15, 0.2) is 9.84 Å². The van der Waals surface area contributed by atoms with E-state index in [-0.39, 0.29) is 16.4 Å². The second-order valence-electron chi connectivity index (χ2n) is 11.0. The van der Waals surface area contributed by atoms with Crippen molar-refractivity contribution < 1.29 is 23.1 Å². The zero-order valence-corrected chi connectivity index (χ0v) is 23.5. The largest absolute Gasteiger partial charge is 0.505 e. The van der Waals surface area contributed by atoms with Gasteiger partial charge in [-0.05, 0) is 48.6 Å². The summed E-state index contributed by atoms with van der Waals surface area (Å²) in [7, 11) is -3.43. The van der Waals surface area contributed by atoms with Crippen molar-refractivity contribution in [3.8, 4) is 11.4 Å². The van der Waals surface area contributed by atoms with Crippen molar-refractivity contribution in [1.82, 2.24) is 15.0 Å². The number of ether oxygens (including phenoxy) is 1. The Hall–Kier alpha value is -3.20. The highest BCUT2D eigenvalue weighted by Gasteiger charge is 2.34. The number of aromatic hydroxyl groups is 1. The predicted octanol–water partition coefficient (Wildman–Crippen LogP) is 5.39. The first-order valence-corrected chi connectivity index (χ1v) is 14.1. The van der Waals surface area contributed by atoms with Gasteiger partial charge in [0.05, 0.1) is 10.6 Å². The summed E-state index contributed by atoms with van der Waals surface area (Å²) >= 11 is 0. The van der Waals surface area contributed by atoms with Crippen LogP contribution in [0.1, 0.15) is 72.4 Å². The molecule has 3 aromatic rings. The van der Waals surface area contributed by atoms with Gasteiger partial charge in [-0.25, -0.2) is 13.2 Å². The number of rotatable bonds is 9. The number of carbonyl (C=O) groups excluding carboxylic acids is 1. The van der Waals surface area contributed by atoms with Crippen molar-refractivity contribution in [3.63, 3.8) is 0 Å². The van der Waals surface area contributed by atoms with Crippen molar-refractivity contribution in [3.05, 3.63) is 54.1 Å². The highest BCUT2D eigenvalue weighted by molar-refractivity contribution is 7.91. The van der Waals surface area contributed by atoms with E-state index in [4.69, 9.17) is 4.74 Å². The molecule has 1 aromatic heterocycles. The lowest BCUT2D eigenvalue weighted by molar-refractivity contribution is -0.145. The van der Waals surface area contributed by atoms with Crippen LogP contribution in [0.2, 0.25) is 0 Å². The number of carbonyl (C=O) groups is 1. The Kier molecular flexibility index (Phi) is 7.88. The van der Waals surface area contributed by atoms with Crippen LogP contribution in [0.5, 0.6) is 5.75 Å². The minimum absolute atomic E-state index is 0.0267. The fraction of sp³-hybridized carbons (Fsp3) is 0.464. The maximum absolute atomic E-state index is 12.7. The van der Waals surface area contributed by atoms with Gasteiger partial charge < -0.3 is 9.84 Å². The van der Waals surface area contributed by atoms with E-state index in [1.54, 1.807) is 18.2 Å². The fourth-order valence-electron chi connectivity index (χ4n) is 3.97. The van der Waals surface area contributed by atoms with Gasteiger partial charge in [-0.15, -0.1) is 15.0 Å². The zero-order chi connectivity index (χ0) is 27.8. The highest BCUT2D eigenvalue weighted by Crippen LogP contribution is 2.40. The maximum Gasteiger partial charge on any atom is 0.330 e. The molecule has 8 nitrogen and oxygen atoms in total. The van der Waals surface area contributed by atoms with Crippen LogP contribution < -0.4 is 0 Å². The molecule has 1 heterocycles. The van der Waals surface area contributed by atoms with E-state index in [9.17, 15) is 18.3 Å². The van der Waals surface area contributed by atoms with Crippen LogP contribution in [0.25, 0.3) is 16.7 Å². The van der Waals surface area contributed by atoms with Crippen molar-refractivity contribution in [1.29, 1.82) is 0 Å². The molecule has 0 aliphatic rings. The topological polar surface area (TPSA) is 111 Å². The number of hydrogen-bond acceptors (Lipinski definition) is 7. The monoisotopic (exact) mass is 527 g/mol. The minimum atomic E-state index is -3.43. The van der Waals surface area contributed by atoms with Gasteiger partial charge in [-0.2, -0.15) is 0 Å². The van der Waals surface area contributed by atoms with Crippen LogP contribution in [0, 0.1) is 0 Å². The molecular weight excluding hydrogens is 490 g/mol. The third kappa shape index (κ3) is 5.87.